The van der Waals surface area contributed by atoms with Gasteiger partial charge in [-0.15, -0.1) is 0 Å². The molecule has 0 atom stereocenters. The van der Waals surface area contributed by atoms with E-state index in [2.05, 4.69) is 44.8 Å². The van der Waals surface area contributed by atoms with E-state index >= 15 is 0 Å². The van der Waals surface area contributed by atoms with Crippen LogP contribution in [0.5, 0.6) is 11.6 Å². The van der Waals surface area contributed by atoms with Crippen LogP contribution in [0.15, 0.2) is 84.9 Å². The molecule has 2 aliphatic rings. The van der Waals surface area contributed by atoms with Crippen LogP contribution in [-0.4, -0.2) is 28.2 Å². The molecular formula is C32H32FN5OS. The lowest BCUT2D eigenvalue weighted by Gasteiger charge is -2.31. The zero-order valence-electron chi connectivity index (χ0n) is 22.3. The molecule has 2 heterocycles. The second kappa shape index (κ2) is 11.6. The monoisotopic (exact) mass is 553 g/mol. The van der Waals surface area contributed by atoms with E-state index in [4.69, 9.17) is 21.9 Å². The molecule has 204 valence electrons. The number of para-hydroxylation sites is 1. The number of nitrogens with one attached hydrogen (secondary N) is 2. The van der Waals surface area contributed by atoms with Gasteiger partial charge in [0.15, 0.2) is 5.11 Å². The summed E-state index contributed by atoms with van der Waals surface area (Å²) in [6.45, 7) is 2.27. The van der Waals surface area contributed by atoms with E-state index < -0.39 is 0 Å². The van der Waals surface area contributed by atoms with Crippen LogP contribution in [0.4, 0.5) is 16.2 Å². The van der Waals surface area contributed by atoms with Gasteiger partial charge in [-0.05, 0) is 72.4 Å². The number of rotatable bonds is 7. The lowest BCUT2D eigenvalue weighted by Crippen LogP contribution is -2.41. The van der Waals surface area contributed by atoms with Gasteiger partial charge < -0.3 is 20.3 Å². The van der Waals surface area contributed by atoms with Gasteiger partial charge in [0.05, 0.1) is 0 Å². The van der Waals surface area contributed by atoms with Gasteiger partial charge in [-0.2, -0.15) is 9.97 Å². The molecule has 0 saturated heterocycles. The van der Waals surface area contributed by atoms with Crippen molar-refractivity contribution in [3.63, 3.8) is 0 Å². The van der Waals surface area contributed by atoms with Crippen molar-refractivity contribution < 1.29 is 9.13 Å². The normalized spacial score (nSPS) is 15.8. The number of benzene rings is 3. The number of nitrogens with zero attached hydrogens (tertiary/aromatic N) is 3. The van der Waals surface area contributed by atoms with Crippen LogP contribution >= 0.6 is 12.2 Å². The largest absolute Gasteiger partial charge is 0.439 e. The maximum atomic E-state index is 13.6. The maximum absolute atomic E-state index is 13.6. The molecule has 1 aliphatic heterocycles. The quantitative estimate of drug-likeness (QED) is 0.245. The molecule has 0 amide bonds. The van der Waals surface area contributed by atoms with Crippen molar-refractivity contribution in [3.05, 3.63) is 107 Å². The number of anilines is 2. The molecule has 8 heteroatoms. The van der Waals surface area contributed by atoms with Crippen molar-refractivity contribution in [1.82, 2.24) is 15.3 Å². The van der Waals surface area contributed by atoms with Crippen molar-refractivity contribution in [1.29, 1.82) is 0 Å². The van der Waals surface area contributed by atoms with Crippen LogP contribution < -0.4 is 20.3 Å². The molecule has 40 heavy (non-hydrogen) atoms. The first kappa shape index (κ1) is 26.2. The van der Waals surface area contributed by atoms with E-state index in [0.717, 1.165) is 56.6 Å². The number of ether oxygens (including phenoxy) is 1. The third-order valence-electron chi connectivity index (χ3n) is 7.94. The van der Waals surface area contributed by atoms with E-state index in [1.165, 1.54) is 11.1 Å². The highest BCUT2D eigenvalue weighted by molar-refractivity contribution is 7.80. The SMILES string of the molecule is Fc1ccc(C2(CNC(=S)Nc3nc(Oc4ccccc4)cc(N4CCc5ccccc5C4)n3)CCCC2)cc1. The first-order chi connectivity index (χ1) is 19.6. The Morgan fingerprint density at radius 1 is 0.925 bits per heavy atom. The van der Waals surface area contributed by atoms with Crippen LogP contribution in [-0.2, 0) is 18.4 Å². The fraction of sp³-hybridized carbons (Fsp3) is 0.281. The van der Waals surface area contributed by atoms with E-state index in [-0.39, 0.29) is 11.2 Å². The van der Waals surface area contributed by atoms with Gasteiger partial charge in [0.25, 0.3) is 0 Å². The number of aromatic nitrogens is 2. The first-order valence-electron chi connectivity index (χ1n) is 13.8. The predicted octanol–water partition coefficient (Wildman–Crippen LogP) is 6.77. The average molecular weight is 554 g/mol. The van der Waals surface area contributed by atoms with Crippen LogP contribution in [0.2, 0.25) is 0 Å². The molecule has 6 nitrogen and oxygen atoms in total. The summed E-state index contributed by atoms with van der Waals surface area (Å²) < 4.78 is 19.7. The average Bonchev–Trinajstić information content (AvgIpc) is 3.47. The lowest BCUT2D eigenvalue weighted by atomic mass is 9.79. The van der Waals surface area contributed by atoms with Gasteiger partial charge in [0.2, 0.25) is 11.8 Å². The maximum Gasteiger partial charge on any atom is 0.234 e. The van der Waals surface area contributed by atoms with Crippen LogP contribution in [0.1, 0.15) is 42.4 Å². The topological polar surface area (TPSA) is 62.3 Å². The molecule has 6 rings (SSSR count). The second-order valence-electron chi connectivity index (χ2n) is 10.5. The Labute approximate surface area is 239 Å². The number of halogens is 1. The Hall–Kier alpha value is -4.04. The lowest BCUT2D eigenvalue weighted by molar-refractivity contribution is 0.434. The molecular weight excluding hydrogens is 521 g/mol. The molecule has 0 unspecified atom stereocenters. The molecule has 1 aliphatic carbocycles. The van der Waals surface area contributed by atoms with E-state index in [9.17, 15) is 4.39 Å². The van der Waals surface area contributed by atoms with E-state index in [1.54, 1.807) is 12.1 Å². The second-order valence-corrected chi connectivity index (χ2v) is 11.0. The minimum absolute atomic E-state index is 0.0785. The van der Waals surface area contributed by atoms with Crippen LogP contribution in [0.25, 0.3) is 0 Å². The third kappa shape index (κ3) is 5.92. The molecule has 0 spiro atoms. The summed E-state index contributed by atoms with van der Waals surface area (Å²) in [5.41, 5.74) is 3.74. The molecule has 1 aromatic heterocycles. The minimum Gasteiger partial charge on any atom is -0.439 e. The number of thiocarbonyl (C=S) groups is 1. The first-order valence-corrected chi connectivity index (χ1v) is 14.2. The summed E-state index contributed by atoms with van der Waals surface area (Å²) in [7, 11) is 0. The molecule has 2 N–H and O–H groups in total. The molecule has 1 saturated carbocycles. The van der Waals surface area contributed by atoms with Gasteiger partial charge in [0, 0.05) is 31.1 Å². The van der Waals surface area contributed by atoms with Crippen molar-refractivity contribution in [2.45, 2.75) is 44.1 Å². The highest BCUT2D eigenvalue weighted by Crippen LogP contribution is 2.40. The summed E-state index contributed by atoms with van der Waals surface area (Å²) in [5.74, 6) is 2.08. The van der Waals surface area contributed by atoms with Gasteiger partial charge in [-0.1, -0.05) is 67.4 Å². The van der Waals surface area contributed by atoms with Gasteiger partial charge in [0.1, 0.15) is 17.4 Å². The standard InChI is InChI=1S/C32H32FN5OS/c33-26-14-12-25(13-15-26)32(17-6-7-18-32)22-34-31(40)37-30-35-28(20-29(36-30)39-27-10-2-1-3-11-27)38-19-16-23-8-4-5-9-24(23)21-38/h1-5,8-15,20H,6-7,16-19,21-22H2,(H2,34,35,36,37,40). The number of hydrogen-bond acceptors (Lipinski definition) is 5. The Balaban J connectivity index is 1.21. The minimum atomic E-state index is -0.218. The Kier molecular flexibility index (Phi) is 7.60. The van der Waals surface area contributed by atoms with E-state index in [0.29, 0.717) is 29.2 Å². The predicted molar refractivity (Wildman–Crippen MR) is 161 cm³/mol. The molecule has 4 aromatic rings. The van der Waals surface area contributed by atoms with E-state index in [1.807, 2.05) is 48.5 Å². The Morgan fingerprint density at radius 3 is 2.42 bits per heavy atom. The van der Waals surface area contributed by atoms with Gasteiger partial charge in [-0.25, -0.2) is 4.39 Å². The summed E-state index contributed by atoms with van der Waals surface area (Å²) in [4.78, 5) is 11.7. The summed E-state index contributed by atoms with van der Waals surface area (Å²) in [5, 5.41) is 7.04. The molecule has 1 fully saturated rings. The fourth-order valence-electron chi connectivity index (χ4n) is 5.80. The Morgan fingerprint density at radius 2 is 1.65 bits per heavy atom. The zero-order chi connectivity index (χ0) is 27.4. The highest BCUT2D eigenvalue weighted by atomic mass is 32.1. The van der Waals surface area contributed by atoms with Gasteiger partial charge in [-0.3, -0.25) is 0 Å². The zero-order valence-corrected chi connectivity index (χ0v) is 23.1. The van der Waals surface area contributed by atoms with Crippen LogP contribution in [0, 0.1) is 5.82 Å². The number of hydrogen-bond donors (Lipinski definition) is 2. The summed E-state index contributed by atoms with van der Waals surface area (Å²) in [6.07, 6.45) is 5.30. The molecule has 3 aromatic carbocycles. The van der Waals surface area contributed by atoms with Crippen molar-refractivity contribution >= 4 is 29.1 Å². The van der Waals surface area contributed by atoms with Crippen LogP contribution in [0.3, 0.4) is 0 Å². The molecule has 0 bridgehead atoms. The molecule has 0 radical (unpaired) electrons. The summed E-state index contributed by atoms with van der Waals surface area (Å²) in [6, 6.07) is 26.9. The van der Waals surface area contributed by atoms with Crippen molar-refractivity contribution in [2.24, 2.45) is 0 Å². The Bertz CT molecular complexity index is 1470. The third-order valence-corrected chi connectivity index (χ3v) is 8.19. The smallest absolute Gasteiger partial charge is 0.234 e. The number of fused-ring (bicyclic) bond motifs is 1. The fourth-order valence-corrected chi connectivity index (χ4v) is 5.97. The van der Waals surface area contributed by atoms with Crippen molar-refractivity contribution in [3.8, 4) is 11.6 Å². The van der Waals surface area contributed by atoms with Crippen molar-refractivity contribution in [2.75, 3.05) is 23.3 Å². The summed E-state index contributed by atoms with van der Waals surface area (Å²) >= 11 is 5.70. The highest BCUT2D eigenvalue weighted by Gasteiger charge is 2.35. The van der Waals surface area contributed by atoms with Gasteiger partial charge >= 0.3 is 0 Å².